The van der Waals surface area contributed by atoms with Crippen LogP contribution in [0.1, 0.15) is 32.1 Å². The van der Waals surface area contributed by atoms with E-state index in [9.17, 15) is 15.0 Å². The first-order chi connectivity index (χ1) is 7.17. The molecular weight excluding hydrogens is 194 g/mol. The van der Waals surface area contributed by atoms with Crippen molar-refractivity contribution < 1.29 is 15.0 Å². The number of piperidine rings is 1. The van der Waals surface area contributed by atoms with Crippen molar-refractivity contribution in [2.75, 3.05) is 13.1 Å². The highest BCUT2D eigenvalue weighted by Gasteiger charge is 2.50. The third kappa shape index (κ3) is 1.76. The summed E-state index contributed by atoms with van der Waals surface area (Å²) in [6, 6.07) is 0. The van der Waals surface area contributed by atoms with Gasteiger partial charge in [0.05, 0.1) is 11.5 Å². The van der Waals surface area contributed by atoms with Crippen molar-refractivity contribution in [3.8, 4) is 0 Å². The topological polar surface area (TPSA) is 69.6 Å². The van der Waals surface area contributed by atoms with E-state index in [1.54, 1.807) is 0 Å². The van der Waals surface area contributed by atoms with Crippen molar-refractivity contribution in [2.24, 2.45) is 11.3 Å². The van der Waals surface area contributed by atoms with Crippen LogP contribution >= 0.6 is 0 Å². The number of carboxylic acid groups (broad SMARTS) is 1. The molecule has 3 N–H and O–H groups in total. The molecule has 0 spiro atoms. The second kappa shape index (κ2) is 4.10. The Morgan fingerprint density at radius 1 is 1.27 bits per heavy atom. The highest BCUT2D eigenvalue weighted by atomic mass is 16.4. The summed E-state index contributed by atoms with van der Waals surface area (Å²) in [5.41, 5.74) is -0.666. The maximum absolute atomic E-state index is 11.5. The summed E-state index contributed by atoms with van der Waals surface area (Å²) in [6.07, 6.45) is 3.52. The summed E-state index contributed by atoms with van der Waals surface area (Å²) in [5.74, 6) is -0.743. The second-order valence-corrected chi connectivity index (χ2v) is 4.82. The molecule has 1 saturated heterocycles. The maximum atomic E-state index is 11.5. The highest BCUT2D eigenvalue weighted by Crippen LogP contribution is 2.46. The van der Waals surface area contributed by atoms with E-state index in [4.69, 9.17) is 0 Å². The monoisotopic (exact) mass is 213 g/mol. The number of aliphatic hydroxyl groups is 1. The Balaban J connectivity index is 2.20. The minimum absolute atomic E-state index is 0.0305. The zero-order valence-electron chi connectivity index (χ0n) is 8.91. The van der Waals surface area contributed by atoms with E-state index in [1.165, 1.54) is 0 Å². The molecule has 4 nitrogen and oxygen atoms in total. The van der Waals surface area contributed by atoms with Gasteiger partial charge in [0.15, 0.2) is 0 Å². The van der Waals surface area contributed by atoms with Crippen LogP contribution in [0.15, 0.2) is 0 Å². The van der Waals surface area contributed by atoms with Gasteiger partial charge in [-0.15, -0.1) is 0 Å². The van der Waals surface area contributed by atoms with Crippen molar-refractivity contribution in [3.63, 3.8) is 0 Å². The van der Waals surface area contributed by atoms with Gasteiger partial charge >= 0.3 is 5.97 Å². The first kappa shape index (κ1) is 10.9. The van der Waals surface area contributed by atoms with Crippen molar-refractivity contribution in [1.82, 2.24) is 5.32 Å². The highest BCUT2D eigenvalue weighted by molar-refractivity contribution is 5.75. The largest absolute Gasteiger partial charge is 0.481 e. The molecule has 15 heavy (non-hydrogen) atoms. The number of aliphatic hydroxyl groups excluding tert-OH is 1. The summed E-state index contributed by atoms with van der Waals surface area (Å²) in [4.78, 5) is 11.5. The second-order valence-electron chi connectivity index (χ2n) is 4.82. The number of aliphatic carboxylic acids is 1. The van der Waals surface area contributed by atoms with Crippen molar-refractivity contribution in [2.45, 2.75) is 38.2 Å². The van der Waals surface area contributed by atoms with Crippen LogP contribution in [0.5, 0.6) is 0 Å². The molecule has 2 fully saturated rings. The van der Waals surface area contributed by atoms with E-state index >= 15 is 0 Å². The lowest BCUT2D eigenvalue weighted by Gasteiger charge is -2.40. The molecule has 4 heteroatoms. The van der Waals surface area contributed by atoms with Gasteiger partial charge in [-0.1, -0.05) is 6.42 Å². The molecule has 0 aromatic carbocycles. The van der Waals surface area contributed by atoms with Crippen LogP contribution in [0, 0.1) is 11.3 Å². The Morgan fingerprint density at radius 2 is 1.93 bits per heavy atom. The summed E-state index contributed by atoms with van der Waals surface area (Å²) in [7, 11) is 0. The summed E-state index contributed by atoms with van der Waals surface area (Å²) in [6.45, 7) is 1.52. The number of carbonyl (C=O) groups is 1. The Morgan fingerprint density at radius 3 is 2.40 bits per heavy atom. The van der Waals surface area contributed by atoms with Crippen molar-refractivity contribution in [3.05, 3.63) is 0 Å². The van der Waals surface area contributed by atoms with Crippen LogP contribution in [0.4, 0.5) is 0 Å². The number of carboxylic acids is 1. The molecule has 1 saturated carbocycles. The van der Waals surface area contributed by atoms with Gasteiger partial charge in [-0.2, -0.15) is 0 Å². The van der Waals surface area contributed by atoms with E-state index in [1.807, 2.05) is 0 Å². The predicted octanol–water partition coefficient (Wildman–Crippen LogP) is 0.602. The molecule has 86 valence electrons. The maximum Gasteiger partial charge on any atom is 0.310 e. The fourth-order valence-electron chi connectivity index (χ4n) is 3.20. The molecule has 2 unspecified atom stereocenters. The number of nitrogens with one attached hydrogen (secondary N) is 1. The van der Waals surface area contributed by atoms with Crippen LogP contribution in [0.2, 0.25) is 0 Å². The molecule has 2 rings (SSSR count). The average Bonchev–Trinajstić information content (AvgIpc) is 2.66. The van der Waals surface area contributed by atoms with Crippen LogP contribution in [-0.2, 0) is 4.79 Å². The lowest BCUT2D eigenvalue weighted by molar-refractivity contribution is -0.157. The third-order valence-corrected chi connectivity index (χ3v) is 4.11. The van der Waals surface area contributed by atoms with E-state index < -0.39 is 17.5 Å². The minimum Gasteiger partial charge on any atom is -0.481 e. The molecule has 1 aliphatic carbocycles. The first-order valence-electron chi connectivity index (χ1n) is 5.79. The standard InChI is InChI=1S/C11H19NO3/c13-9-3-1-2-8(9)11(10(14)15)4-6-12-7-5-11/h8-9,12-13H,1-7H2,(H,14,15). The fourth-order valence-corrected chi connectivity index (χ4v) is 3.20. The lowest BCUT2D eigenvalue weighted by atomic mass is 9.67. The van der Waals surface area contributed by atoms with E-state index in [0.29, 0.717) is 12.8 Å². The Bertz CT molecular complexity index is 248. The zero-order chi connectivity index (χ0) is 10.9. The molecule has 1 heterocycles. The minimum atomic E-state index is -0.713. The van der Waals surface area contributed by atoms with E-state index in [0.717, 1.165) is 32.4 Å². The Hall–Kier alpha value is -0.610. The molecule has 0 aromatic heterocycles. The van der Waals surface area contributed by atoms with Gasteiger partial charge in [0.25, 0.3) is 0 Å². The normalized spacial score (nSPS) is 35.3. The average molecular weight is 213 g/mol. The Kier molecular flexibility index (Phi) is 2.98. The number of rotatable bonds is 2. The molecule has 2 atom stereocenters. The van der Waals surface area contributed by atoms with Gasteiger partial charge in [-0.25, -0.2) is 0 Å². The van der Waals surface area contributed by atoms with Gasteiger partial charge in [0.2, 0.25) is 0 Å². The lowest BCUT2D eigenvalue weighted by Crippen LogP contribution is -2.49. The quantitative estimate of drug-likeness (QED) is 0.628. The summed E-state index contributed by atoms with van der Waals surface area (Å²) < 4.78 is 0. The van der Waals surface area contributed by atoms with Gasteiger partial charge < -0.3 is 15.5 Å². The molecule has 1 aliphatic heterocycles. The van der Waals surface area contributed by atoms with Gasteiger partial charge in [-0.3, -0.25) is 4.79 Å². The van der Waals surface area contributed by atoms with Crippen LogP contribution in [0.3, 0.4) is 0 Å². The smallest absolute Gasteiger partial charge is 0.310 e. The first-order valence-corrected chi connectivity index (χ1v) is 5.79. The van der Waals surface area contributed by atoms with Gasteiger partial charge in [-0.05, 0) is 38.8 Å². The summed E-state index contributed by atoms with van der Waals surface area (Å²) >= 11 is 0. The molecule has 0 amide bonds. The molecule has 0 radical (unpaired) electrons. The van der Waals surface area contributed by atoms with Crippen LogP contribution in [0.25, 0.3) is 0 Å². The zero-order valence-corrected chi connectivity index (χ0v) is 8.91. The van der Waals surface area contributed by atoms with E-state index in [-0.39, 0.29) is 5.92 Å². The fraction of sp³-hybridized carbons (Fsp3) is 0.909. The van der Waals surface area contributed by atoms with Gasteiger partial charge in [0, 0.05) is 5.92 Å². The third-order valence-electron chi connectivity index (χ3n) is 4.11. The SMILES string of the molecule is O=C(O)C1(C2CCCC2O)CCNCC1. The van der Waals surface area contributed by atoms with Crippen molar-refractivity contribution in [1.29, 1.82) is 0 Å². The van der Waals surface area contributed by atoms with E-state index in [2.05, 4.69) is 5.32 Å². The number of hydrogen-bond donors (Lipinski definition) is 3. The predicted molar refractivity (Wildman–Crippen MR) is 55.5 cm³/mol. The Labute approximate surface area is 89.7 Å². The van der Waals surface area contributed by atoms with Crippen LogP contribution < -0.4 is 5.32 Å². The van der Waals surface area contributed by atoms with Crippen molar-refractivity contribution >= 4 is 5.97 Å². The molecule has 2 aliphatic rings. The number of hydrogen-bond acceptors (Lipinski definition) is 3. The molecule has 0 bridgehead atoms. The van der Waals surface area contributed by atoms with Gasteiger partial charge in [0.1, 0.15) is 0 Å². The van der Waals surface area contributed by atoms with Crippen LogP contribution in [-0.4, -0.2) is 35.4 Å². The molecule has 0 aromatic rings. The summed E-state index contributed by atoms with van der Waals surface area (Å²) in [5, 5.41) is 22.5. The molecular formula is C11H19NO3.